The Labute approximate surface area is 125 Å². The van der Waals surface area contributed by atoms with Crippen LogP contribution in [0.3, 0.4) is 0 Å². The van der Waals surface area contributed by atoms with E-state index in [1.165, 1.54) is 5.56 Å². The number of hydrogen-bond acceptors (Lipinski definition) is 2. The van der Waals surface area contributed by atoms with Crippen molar-refractivity contribution in [2.24, 2.45) is 0 Å². The summed E-state index contributed by atoms with van der Waals surface area (Å²) in [5.41, 5.74) is 9.52. The van der Waals surface area contributed by atoms with Crippen LogP contribution < -0.4 is 5.73 Å². The highest BCUT2D eigenvalue weighted by molar-refractivity contribution is 5.94. The lowest BCUT2D eigenvalue weighted by Gasteiger charge is -2.23. The van der Waals surface area contributed by atoms with Crippen LogP contribution in [-0.2, 0) is 6.54 Å². The quantitative estimate of drug-likeness (QED) is 0.873. The van der Waals surface area contributed by atoms with Gasteiger partial charge in [0.25, 0.3) is 5.91 Å². The van der Waals surface area contributed by atoms with Gasteiger partial charge in [-0.2, -0.15) is 0 Å². The van der Waals surface area contributed by atoms with E-state index in [0.29, 0.717) is 12.6 Å². The molecule has 1 amide bonds. The highest BCUT2D eigenvalue weighted by Crippen LogP contribution is 2.30. The first-order chi connectivity index (χ1) is 10.1. The van der Waals surface area contributed by atoms with E-state index >= 15 is 0 Å². The van der Waals surface area contributed by atoms with Gasteiger partial charge in [0.15, 0.2) is 0 Å². The molecule has 108 valence electrons. The Hall–Kier alpha value is -2.29. The highest BCUT2D eigenvalue weighted by atomic mass is 16.2. The van der Waals surface area contributed by atoms with Crippen LogP contribution in [0.2, 0.25) is 0 Å². The summed E-state index contributed by atoms with van der Waals surface area (Å²) in [7, 11) is 0. The zero-order valence-electron chi connectivity index (χ0n) is 12.3. The number of nitrogens with zero attached hydrogens (tertiary/aromatic N) is 1. The van der Waals surface area contributed by atoms with Crippen LogP contribution in [0.1, 0.15) is 34.3 Å². The maximum Gasteiger partial charge on any atom is 0.254 e. The van der Waals surface area contributed by atoms with Gasteiger partial charge < -0.3 is 10.6 Å². The molecule has 0 atom stereocenters. The molecule has 1 aliphatic carbocycles. The molecule has 3 rings (SSSR count). The lowest BCUT2D eigenvalue weighted by molar-refractivity contribution is 0.0730. The van der Waals surface area contributed by atoms with Crippen molar-refractivity contribution in [3.8, 4) is 0 Å². The maximum atomic E-state index is 12.7. The number of rotatable bonds is 4. The van der Waals surface area contributed by atoms with Gasteiger partial charge in [0.2, 0.25) is 0 Å². The number of amides is 1. The van der Waals surface area contributed by atoms with Crippen LogP contribution in [0, 0.1) is 6.92 Å². The number of aryl methyl sites for hydroxylation is 1. The van der Waals surface area contributed by atoms with Crippen molar-refractivity contribution in [2.75, 3.05) is 5.73 Å². The fourth-order valence-corrected chi connectivity index (χ4v) is 2.43. The SMILES string of the molecule is Cc1ccc(C(=O)N(Cc2ccc(N)cc2)C2CC2)cc1. The largest absolute Gasteiger partial charge is 0.399 e. The number of carbonyl (C=O) groups is 1. The number of nitrogen functional groups attached to an aromatic ring is 1. The van der Waals surface area contributed by atoms with Crippen molar-refractivity contribution in [1.82, 2.24) is 4.90 Å². The summed E-state index contributed by atoms with van der Waals surface area (Å²) in [6.45, 7) is 2.68. The van der Waals surface area contributed by atoms with Gasteiger partial charge in [-0.3, -0.25) is 4.79 Å². The van der Waals surface area contributed by atoms with E-state index < -0.39 is 0 Å². The first-order valence-corrected chi connectivity index (χ1v) is 7.35. The normalized spacial score (nSPS) is 14.0. The first kappa shape index (κ1) is 13.7. The minimum atomic E-state index is 0.120. The van der Waals surface area contributed by atoms with Crippen LogP contribution in [0.25, 0.3) is 0 Å². The molecule has 0 unspecified atom stereocenters. The minimum absolute atomic E-state index is 0.120. The van der Waals surface area contributed by atoms with Gasteiger partial charge in [0.05, 0.1) is 0 Å². The summed E-state index contributed by atoms with van der Waals surface area (Å²) in [6.07, 6.45) is 2.21. The number of carbonyl (C=O) groups excluding carboxylic acids is 1. The molecule has 2 aromatic carbocycles. The zero-order valence-corrected chi connectivity index (χ0v) is 12.3. The number of anilines is 1. The molecule has 1 fully saturated rings. The fourth-order valence-electron chi connectivity index (χ4n) is 2.43. The van der Waals surface area contributed by atoms with E-state index in [2.05, 4.69) is 0 Å². The second kappa shape index (κ2) is 5.60. The average molecular weight is 280 g/mol. The van der Waals surface area contributed by atoms with E-state index in [1.807, 2.05) is 60.4 Å². The molecule has 0 spiro atoms. The van der Waals surface area contributed by atoms with Crippen LogP contribution in [-0.4, -0.2) is 16.8 Å². The Kier molecular flexibility index (Phi) is 3.65. The Morgan fingerprint density at radius 2 is 1.71 bits per heavy atom. The Morgan fingerprint density at radius 3 is 2.29 bits per heavy atom. The van der Waals surface area contributed by atoms with Gasteiger partial charge in [0, 0.05) is 23.8 Å². The molecule has 0 bridgehead atoms. The zero-order chi connectivity index (χ0) is 14.8. The summed E-state index contributed by atoms with van der Waals surface area (Å²) in [4.78, 5) is 14.7. The van der Waals surface area contributed by atoms with E-state index in [-0.39, 0.29) is 5.91 Å². The van der Waals surface area contributed by atoms with Gasteiger partial charge >= 0.3 is 0 Å². The van der Waals surface area contributed by atoms with E-state index in [9.17, 15) is 4.79 Å². The third-order valence-corrected chi connectivity index (χ3v) is 3.88. The van der Waals surface area contributed by atoms with Crippen LogP contribution >= 0.6 is 0 Å². The molecule has 0 saturated heterocycles. The first-order valence-electron chi connectivity index (χ1n) is 7.35. The van der Waals surface area contributed by atoms with Gasteiger partial charge in [-0.25, -0.2) is 0 Å². The van der Waals surface area contributed by atoms with Crippen molar-refractivity contribution >= 4 is 11.6 Å². The minimum Gasteiger partial charge on any atom is -0.399 e. The van der Waals surface area contributed by atoms with Crippen molar-refractivity contribution in [2.45, 2.75) is 32.4 Å². The smallest absolute Gasteiger partial charge is 0.254 e. The lowest BCUT2D eigenvalue weighted by atomic mass is 10.1. The summed E-state index contributed by atoms with van der Waals surface area (Å²) >= 11 is 0. The third kappa shape index (κ3) is 3.24. The molecule has 2 aromatic rings. The van der Waals surface area contributed by atoms with Crippen LogP contribution in [0.5, 0.6) is 0 Å². The molecule has 21 heavy (non-hydrogen) atoms. The van der Waals surface area contributed by atoms with Crippen LogP contribution in [0.15, 0.2) is 48.5 Å². The molecule has 3 heteroatoms. The van der Waals surface area contributed by atoms with Gasteiger partial charge in [-0.1, -0.05) is 29.8 Å². The predicted molar refractivity (Wildman–Crippen MR) is 84.9 cm³/mol. The second-order valence-corrected chi connectivity index (χ2v) is 5.77. The monoisotopic (exact) mass is 280 g/mol. The Morgan fingerprint density at radius 1 is 1.10 bits per heavy atom. The molecule has 0 heterocycles. The van der Waals surface area contributed by atoms with Crippen molar-refractivity contribution < 1.29 is 4.79 Å². The van der Waals surface area contributed by atoms with E-state index in [4.69, 9.17) is 5.73 Å². The molecule has 0 radical (unpaired) electrons. The predicted octanol–water partition coefficient (Wildman–Crippen LogP) is 3.38. The standard InChI is InChI=1S/C18H20N2O/c1-13-2-6-15(7-3-13)18(21)20(17-10-11-17)12-14-4-8-16(19)9-5-14/h2-9,17H,10-12,19H2,1H3. The fraction of sp³-hybridized carbons (Fsp3) is 0.278. The highest BCUT2D eigenvalue weighted by Gasteiger charge is 2.32. The molecule has 1 aliphatic rings. The van der Waals surface area contributed by atoms with E-state index in [1.54, 1.807) is 0 Å². The number of hydrogen-bond donors (Lipinski definition) is 1. The van der Waals surface area contributed by atoms with Crippen LogP contribution in [0.4, 0.5) is 5.69 Å². The molecule has 1 saturated carbocycles. The summed E-state index contributed by atoms with van der Waals surface area (Å²) < 4.78 is 0. The van der Waals surface area contributed by atoms with Gasteiger partial charge in [-0.05, 0) is 49.6 Å². The van der Waals surface area contributed by atoms with Gasteiger partial charge in [0.1, 0.15) is 0 Å². The number of nitrogens with two attached hydrogens (primary N) is 1. The van der Waals surface area contributed by atoms with Crippen molar-refractivity contribution in [1.29, 1.82) is 0 Å². The maximum absolute atomic E-state index is 12.7. The molecule has 2 N–H and O–H groups in total. The molecular weight excluding hydrogens is 260 g/mol. The topological polar surface area (TPSA) is 46.3 Å². The number of benzene rings is 2. The molecule has 3 nitrogen and oxygen atoms in total. The summed E-state index contributed by atoms with van der Waals surface area (Å²) in [6, 6.07) is 15.9. The Bertz CT molecular complexity index is 627. The van der Waals surface area contributed by atoms with Crippen molar-refractivity contribution in [3.05, 3.63) is 65.2 Å². The molecule has 0 aliphatic heterocycles. The second-order valence-electron chi connectivity index (χ2n) is 5.77. The Balaban J connectivity index is 1.79. The van der Waals surface area contributed by atoms with E-state index in [0.717, 1.165) is 29.7 Å². The van der Waals surface area contributed by atoms with Crippen molar-refractivity contribution in [3.63, 3.8) is 0 Å². The lowest BCUT2D eigenvalue weighted by Crippen LogP contribution is -2.32. The molecular formula is C18H20N2O. The summed E-state index contributed by atoms with van der Waals surface area (Å²) in [5.74, 6) is 0.120. The van der Waals surface area contributed by atoms with Gasteiger partial charge in [-0.15, -0.1) is 0 Å². The third-order valence-electron chi connectivity index (χ3n) is 3.88. The average Bonchev–Trinajstić information content (AvgIpc) is 3.31. The molecule has 0 aromatic heterocycles. The summed E-state index contributed by atoms with van der Waals surface area (Å²) in [5, 5.41) is 0.